The fourth-order valence-electron chi connectivity index (χ4n) is 4.07. The highest BCUT2D eigenvalue weighted by Gasteiger charge is 2.18. The van der Waals surface area contributed by atoms with Crippen LogP contribution in [-0.4, -0.2) is 52.8 Å². The van der Waals surface area contributed by atoms with Crippen molar-refractivity contribution in [2.24, 2.45) is 10.3 Å². The highest BCUT2D eigenvalue weighted by atomic mass is 32.2. The van der Waals surface area contributed by atoms with E-state index in [0.29, 0.717) is 0 Å². The number of rotatable bonds is 4. The van der Waals surface area contributed by atoms with Crippen LogP contribution in [-0.2, 0) is 46.0 Å². The van der Waals surface area contributed by atoms with Gasteiger partial charge in [0.1, 0.15) is 0 Å². The van der Waals surface area contributed by atoms with Gasteiger partial charge in [-0.2, -0.15) is 0 Å². The van der Waals surface area contributed by atoms with Gasteiger partial charge < -0.3 is 0 Å². The van der Waals surface area contributed by atoms with Gasteiger partial charge in [0.2, 0.25) is 20.0 Å². The van der Waals surface area contributed by atoms with Gasteiger partial charge in [0.15, 0.2) is 0 Å². The molecular formula is C22H32N4O4S2. The van der Waals surface area contributed by atoms with E-state index in [1.165, 1.54) is 11.1 Å². The average Bonchev–Trinajstić information content (AvgIpc) is 2.76. The molecule has 0 amide bonds. The molecule has 32 heavy (non-hydrogen) atoms. The van der Waals surface area contributed by atoms with Crippen LogP contribution in [0.2, 0.25) is 0 Å². The van der Waals surface area contributed by atoms with Crippen LogP contribution >= 0.6 is 0 Å². The van der Waals surface area contributed by atoms with Crippen molar-refractivity contribution in [3.63, 3.8) is 0 Å². The molecule has 176 valence electrons. The van der Waals surface area contributed by atoms with E-state index in [1.54, 1.807) is 24.3 Å². The first-order valence-corrected chi connectivity index (χ1v) is 13.8. The lowest BCUT2D eigenvalue weighted by molar-refractivity contribution is 0.268. The summed E-state index contributed by atoms with van der Waals surface area (Å²) in [5.74, 6) is 0. The fourth-order valence-corrected chi connectivity index (χ4v) is 5.20. The van der Waals surface area contributed by atoms with Gasteiger partial charge in [0.05, 0.1) is 9.79 Å². The molecule has 0 aromatic heterocycles. The third-order valence-corrected chi connectivity index (χ3v) is 7.91. The largest absolute Gasteiger partial charge is 0.299 e. The summed E-state index contributed by atoms with van der Waals surface area (Å²) in [6.07, 6.45) is 1.88. The van der Waals surface area contributed by atoms with Crippen molar-refractivity contribution in [2.75, 3.05) is 26.2 Å². The van der Waals surface area contributed by atoms with E-state index >= 15 is 0 Å². The smallest absolute Gasteiger partial charge is 0.238 e. The van der Waals surface area contributed by atoms with Crippen molar-refractivity contribution >= 4 is 20.0 Å². The summed E-state index contributed by atoms with van der Waals surface area (Å²) in [5, 5.41) is 10.2. The van der Waals surface area contributed by atoms with Gasteiger partial charge in [-0.05, 0) is 72.5 Å². The van der Waals surface area contributed by atoms with Crippen LogP contribution in [0.15, 0.2) is 46.2 Å². The second-order valence-electron chi connectivity index (χ2n) is 8.19. The molecule has 2 aromatic rings. The molecule has 10 heteroatoms. The zero-order chi connectivity index (χ0) is 23.5. The molecule has 2 aliphatic rings. The summed E-state index contributed by atoms with van der Waals surface area (Å²) in [7, 11) is -7.15. The number of likely N-dealkylation sites (N-methyl/N-ethyl adjacent to an activating group) is 2. The first-order valence-electron chi connectivity index (χ1n) is 10.7. The second-order valence-corrected chi connectivity index (χ2v) is 11.3. The second kappa shape index (κ2) is 9.98. The Morgan fingerprint density at radius 2 is 1.12 bits per heavy atom. The molecule has 2 heterocycles. The number of hydrogen-bond acceptors (Lipinski definition) is 6. The van der Waals surface area contributed by atoms with E-state index in [9.17, 15) is 16.8 Å². The Morgan fingerprint density at radius 1 is 0.688 bits per heavy atom. The Morgan fingerprint density at radius 3 is 1.62 bits per heavy atom. The van der Waals surface area contributed by atoms with E-state index in [-0.39, 0.29) is 9.79 Å². The van der Waals surface area contributed by atoms with Gasteiger partial charge in [-0.3, -0.25) is 9.80 Å². The minimum atomic E-state index is -3.58. The van der Waals surface area contributed by atoms with Crippen molar-refractivity contribution in [1.82, 2.24) is 9.80 Å². The maximum Gasteiger partial charge on any atom is 0.238 e. The molecule has 0 fully saturated rings. The number of benzene rings is 2. The van der Waals surface area contributed by atoms with Gasteiger partial charge in [-0.15, -0.1) is 0 Å². The van der Waals surface area contributed by atoms with E-state index in [0.717, 1.165) is 63.2 Å². The molecule has 4 rings (SSSR count). The summed E-state index contributed by atoms with van der Waals surface area (Å²) in [4.78, 5) is 5.05. The summed E-state index contributed by atoms with van der Waals surface area (Å²) in [6, 6.07) is 10.3. The molecule has 0 atom stereocenters. The first-order chi connectivity index (χ1) is 15.0. The predicted octanol–water partition coefficient (Wildman–Crippen LogP) is 1.42. The Balaban J connectivity index is 0.000000181. The maximum absolute atomic E-state index is 11.2. The standard InChI is InChI=1S/2C11H16N2O2S/c1-2-13-6-5-9-7-11(16(12,14)15)4-3-10(9)8-13;1-2-13-6-5-9-3-4-11(16(12,14)15)7-10(9)8-13/h2*3-4,7H,2,5-6,8H2,1H3,(H2,12,14,15). The molecule has 0 saturated heterocycles. The number of nitrogens with two attached hydrogens (primary N) is 2. The van der Waals surface area contributed by atoms with Gasteiger partial charge >= 0.3 is 0 Å². The summed E-state index contributed by atoms with van der Waals surface area (Å²) in [5.41, 5.74) is 4.63. The zero-order valence-corrected chi connectivity index (χ0v) is 20.3. The topological polar surface area (TPSA) is 127 Å². The summed E-state index contributed by atoms with van der Waals surface area (Å²) < 4.78 is 44.9. The lowest BCUT2D eigenvalue weighted by Crippen LogP contribution is -2.30. The van der Waals surface area contributed by atoms with Crippen molar-refractivity contribution in [3.05, 3.63) is 58.7 Å². The van der Waals surface area contributed by atoms with Crippen LogP contribution in [0.25, 0.3) is 0 Å². The van der Waals surface area contributed by atoms with Crippen LogP contribution in [0, 0.1) is 0 Å². The third-order valence-electron chi connectivity index (χ3n) is 6.09. The van der Waals surface area contributed by atoms with Crippen LogP contribution < -0.4 is 10.3 Å². The number of primary sulfonamides is 2. The molecule has 0 aliphatic carbocycles. The highest BCUT2D eigenvalue weighted by molar-refractivity contribution is 7.89. The molecule has 0 spiro atoms. The first kappa shape index (κ1) is 24.8. The molecule has 4 N–H and O–H groups in total. The van der Waals surface area contributed by atoms with Gasteiger partial charge in [-0.1, -0.05) is 26.0 Å². The Kier molecular flexibility index (Phi) is 7.74. The molecule has 0 radical (unpaired) electrons. The Hall–Kier alpha value is -1.82. The van der Waals surface area contributed by atoms with Crippen molar-refractivity contribution in [2.45, 2.75) is 49.6 Å². The molecule has 0 unspecified atom stereocenters. The Labute approximate surface area is 191 Å². The number of fused-ring (bicyclic) bond motifs is 2. The van der Waals surface area contributed by atoms with E-state index in [1.807, 2.05) is 12.1 Å². The Bertz CT molecular complexity index is 1180. The predicted molar refractivity (Wildman–Crippen MR) is 125 cm³/mol. The lowest BCUT2D eigenvalue weighted by atomic mass is 10.00. The SMILES string of the molecule is CCN1CCc2cc(S(N)(=O)=O)ccc2C1.CCN1CCc2ccc(S(N)(=O)=O)cc2C1. The highest BCUT2D eigenvalue weighted by Crippen LogP contribution is 2.22. The summed E-state index contributed by atoms with van der Waals surface area (Å²) >= 11 is 0. The van der Waals surface area contributed by atoms with E-state index in [4.69, 9.17) is 10.3 Å². The fraction of sp³-hybridized carbons (Fsp3) is 0.455. The minimum Gasteiger partial charge on any atom is -0.299 e. The molecule has 8 nitrogen and oxygen atoms in total. The molecular weight excluding hydrogens is 448 g/mol. The van der Waals surface area contributed by atoms with Crippen LogP contribution in [0.5, 0.6) is 0 Å². The number of nitrogens with zero attached hydrogens (tertiary/aromatic N) is 2. The average molecular weight is 481 g/mol. The summed E-state index contributed by atoms with van der Waals surface area (Å²) in [6.45, 7) is 9.98. The minimum absolute atomic E-state index is 0.212. The molecule has 2 aromatic carbocycles. The molecule has 2 aliphatic heterocycles. The lowest BCUT2D eigenvalue weighted by Gasteiger charge is -2.27. The zero-order valence-electron chi connectivity index (χ0n) is 18.6. The monoisotopic (exact) mass is 480 g/mol. The van der Waals surface area contributed by atoms with Crippen LogP contribution in [0.1, 0.15) is 36.1 Å². The van der Waals surface area contributed by atoms with E-state index < -0.39 is 20.0 Å². The van der Waals surface area contributed by atoms with Gasteiger partial charge in [-0.25, -0.2) is 27.1 Å². The number of sulfonamides is 2. The number of hydrogen-bond donors (Lipinski definition) is 2. The maximum atomic E-state index is 11.2. The molecule has 0 bridgehead atoms. The van der Waals surface area contributed by atoms with Crippen molar-refractivity contribution < 1.29 is 16.8 Å². The van der Waals surface area contributed by atoms with E-state index in [2.05, 4.69) is 23.6 Å². The van der Waals surface area contributed by atoms with Crippen molar-refractivity contribution in [1.29, 1.82) is 0 Å². The van der Waals surface area contributed by atoms with Gasteiger partial charge in [0, 0.05) is 26.2 Å². The third kappa shape index (κ3) is 6.15. The van der Waals surface area contributed by atoms with Crippen LogP contribution in [0.4, 0.5) is 0 Å². The van der Waals surface area contributed by atoms with Gasteiger partial charge in [0.25, 0.3) is 0 Å². The molecule has 0 saturated carbocycles. The van der Waals surface area contributed by atoms with Crippen LogP contribution in [0.3, 0.4) is 0 Å². The normalized spacial score (nSPS) is 17.1. The van der Waals surface area contributed by atoms with Crippen molar-refractivity contribution in [3.8, 4) is 0 Å². The quantitative estimate of drug-likeness (QED) is 0.681.